The van der Waals surface area contributed by atoms with E-state index in [9.17, 15) is 0 Å². The number of rotatable bonds is 5. The Morgan fingerprint density at radius 1 is 1.20 bits per heavy atom. The lowest BCUT2D eigenvalue weighted by atomic mass is 9.74. The summed E-state index contributed by atoms with van der Waals surface area (Å²) in [5.41, 5.74) is 4.51. The van der Waals surface area contributed by atoms with Gasteiger partial charge >= 0.3 is 0 Å². The van der Waals surface area contributed by atoms with Crippen LogP contribution in [0.2, 0.25) is 0 Å². The topological polar surface area (TPSA) is 12.0 Å². The first-order valence-corrected chi connectivity index (χ1v) is 8.42. The molecule has 104 valence electrons. The number of fused-ring (bicyclic) bond motifs is 1. The molecular weight excluding hydrogens is 357 g/mol. The van der Waals surface area contributed by atoms with E-state index in [4.69, 9.17) is 0 Å². The average molecular weight is 377 g/mol. The third-order valence-corrected chi connectivity index (χ3v) is 4.85. The van der Waals surface area contributed by atoms with Gasteiger partial charge in [-0.2, -0.15) is 0 Å². The largest absolute Gasteiger partial charge is 0.310 e. The van der Waals surface area contributed by atoms with Crippen molar-refractivity contribution in [2.75, 3.05) is 6.54 Å². The summed E-state index contributed by atoms with van der Waals surface area (Å²) < 4.78 is 1.32. The van der Waals surface area contributed by atoms with Crippen LogP contribution in [0.3, 0.4) is 0 Å². The van der Waals surface area contributed by atoms with Gasteiger partial charge in [0.1, 0.15) is 0 Å². The molecule has 0 saturated carbocycles. The quantitative estimate of drug-likeness (QED) is 0.747. The molecule has 0 saturated heterocycles. The van der Waals surface area contributed by atoms with Crippen molar-refractivity contribution in [1.29, 1.82) is 0 Å². The summed E-state index contributed by atoms with van der Waals surface area (Å²) in [5, 5.41) is 3.65. The lowest BCUT2D eigenvalue weighted by molar-refractivity contribution is 0.436. The van der Waals surface area contributed by atoms with Gasteiger partial charge in [0.2, 0.25) is 0 Å². The van der Waals surface area contributed by atoms with Gasteiger partial charge < -0.3 is 5.32 Å². The van der Waals surface area contributed by atoms with Gasteiger partial charge in [-0.15, -0.1) is 0 Å². The molecule has 0 aliphatic heterocycles. The van der Waals surface area contributed by atoms with Gasteiger partial charge in [0.05, 0.1) is 0 Å². The normalized spacial score (nSPS) is 18.2. The molecule has 0 radical (unpaired) electrons. The Morgan fingerprint density at radius 2 is 2.05 bits per heavy atom. The third kappa shape index (κ3) is 2.91. The van der Waals surface area contributed by atoms with E-state index in [1.807, 2.05) is 0 Å². The molecule has 0 amide bonds. The van der Waals surface area contributed by atoms with Crippen LogP contribution >= 0.6 is 22.6 Å². The molecule has 1 aliphatic carbocycles. The highest BCUT2D eigenvalue weighted by molar-refractivity contribution is 14.1. The number of hydrogen-bond donors (Lipinski definition) is 1. The van der Waals surface area contributed by atoms with Crippen LogP contribution in [0.5, 0.6) is 0 Å². The molecule has 20 heavy (non-hydrogen) atoms. The summed E-state index contributed by atoms with van der Waals surface area (Å²) in [6.45, 7) is 3.21. The highest BCUT2D eigenvalue weighted by Gasteiger charge is 2.28. The monoisotopic (exact) mass is 377 g/mol. The van der Waals surface area contributed by atoms with Crippen molar-refractivity contribution in [3.05, 3.63) is 68.8 Å². The molecule has 0 fully saturated rings. The molecular formula is C18H20IN. The molecule has 0 heterocycles. The van der Waals surface area contributed by atoms with Crippen molar-refractivity contribution >= 4 is 22.6 Å². The van der Waals surface area contributed by atoms with Gasteiger partial charge in [0.25, 0.3) is 0 Å². The predicted molar refractivity (Wildman–Crippen MR) is 93.1 cm³/mol. The highest BCUT2D eigenvalue weighted by atomic mass is 127. The Morgan fingerprint density at radius 3 is 2.80 bits per heavy atom. The van der Waals surface area contributed by atoms with Crippen molar-refractivity contribution in [3.8, 4) is 0 Å². The second-order valence-electron chi connectivity index (χ2n) is 5.50. The fraction of sp³-hybridized carbons (Fsp3) is 0.333. The summed E-state index contributed by atoms with van der Waals surface area (Å²) in [6, 6.07) is 18.2. The van der Waals surface area contributed by atoms with Crippen LogP contribution in [-0.4, -0.2) is 6.54 Å². The molecule has 2 aromatic carbocycles. The third-order valence-electron chi connectivity index (χ3n) is 4.18. The molecule has 2 heteroatoms. The van der Waals surface area contributed by atoms with Gasteiger partial charge in [-0.25, -0.2) is 0 Å². The van der Waals surface area contributed by atoms with Crippen molar-refractivity contribution in [1.82, 2.24) is 5.32 Å². The minimum atomic E-state index is 0.466. The van der Waals surface area contributed by atoms with E-state index in [-0.39, 0.29) is 0 Å². The zero-order valence-corrected chi connectivity index (χ0v) is 13.9. The van der Waals surface area contributed by atoms with Crippen LogP contribution in [0.25, 0.3) is 0 Å². The van der Waals surface area contributed by atoms with Crippen LogP contribution < -0.4 is 5.32 Å². The Hall–Kier alpha value is -0.870. The summed E-state index contributed by atoms with van der Waals surface area (Å²) in [6.07, 6.45) is 2.44. The lowest BCUT2D eigenvalue weighted by Crippen LogP contribution is -2.27. The lowest BCUT2D eigenvalue weighted by Gasteiger charge is -2.33. The number of nitrogens with one attached hydrogen (secondary N) is 1. The first-order chi connectivity index (χ1) is 9.78. The van der Waals surface area contributed by atoms with Gasteiger partial charge in [0, 0.05) is 9.61 Å². The molecule has 2 atom stereocenters. The SMILES string of the molecule is CCNC(CC1Cc2ccccc21)c1cccc(I)c1. The fourth-order valence-electron chi connectivity index (χ4n) is 3.16. The zero-order valence-electron chi connectivity index (χ0n) is 11.8. The molecule has 0 aromatic heterocycles. The molecule has 2 unspecified atom stereocenters. The maximum Gasteiger partial charge on any atom is 0.0326 e. The first-order valence-electron chi connectivity index (χ1n) is 7.34. The summed E-state index contributed by atoms with van der Waals surface area (Å²) in [5.74, 6) is 0.716. The standard InChI is InChI=1S/C18H20IN/c1-2-20-18(14-7-5-8-16(19)11-14)12-15-10-13-6-3-4-9-17(13)15/h3-9,11,15,18,20H,2,10,12H2,1H3. The van der Waals surface area contributed by atoms with Gasteiger partial charge in [0.15, 0.2) is 0 Å². The molecule has 1 nitrogen and oxygen atoms in total. The van der Waals surface area contributed by atoms with E-state index in [1.165, 1.54) is 27.5 Å². The highest BCUT2D eigenvalue weighted by Crippen LogP contribution is 2.40. The van der Waals surface area contributed by atoms with Crippen molar-refractivity contribution < 1.29 is 0 Å². The van der Waals surface area contributed by atoms with Gasteiger partial charge in [-0.3, -0.25) is 0 Å². The summed E-state index contributed by atoms with van der Waals surface area (Å²) in [7, 11) is 0. The average Bonchev–Trinajstić information content (AvgIpc) is 2.43. The predicted octanol–water partition coefficient (Wildman–Crippen LogP) is 4.67. The first kappa shape index (κ1) is 14.1. The summed E-state index contributed by atoms with van der Waals surface area (Å²) >= 11 is 2.40. The molecule has 1 aliphatic rings. The van der Waals surface area contributed by atoms with Crippen LogP contribution in [0.1, 0.15) is 42.0 Å². The van der Waals surface area contributed by atoms with Gasteiger partial charge in [-0.05, 0) is 76.7 Å². The van der Waals surface area contributed by atoms with Crippen molar-refractivity contribution in [2.45, 2.75) is 31.7 Å². The number of hydrogen-bond acceptors (Lipinski definition) is 1. The zero-order chi connectivity index (χ0) is 13.9. The van der Waals surface area contributed by atoms with E-state index in [0.717, 1.165) is 6.54 Å². The van der Waals surface area contributed by atoms with Crippen LogP contribution in [0.15, 0.2) is 48.5 Å². The maximum atomic E-state index is 3.65. The van der Waals surface area contributed by atoms with Crippen LogP contribution in [0, 0.1) is 3.57 Å². The number of benzene rings is 2. The van der Waals surface area contributed by atoms with E-state index in [1.54, 1.807) is 5.56 Å². The molecule has 2 aromatic rings. The van der Waals surface area contributed by atoms with Crippen LogP contribution in [0.4, 0.5) is 0 Å². The van der Waals surface area contributed by atoms with Crippen molar-refractivity contribution in [3.63, 3.8) is 0 Å². The maximum absolute atomic E-state index is 3.65. The van der Waals surface area contributed by atoms with E-state index in [2.05, 4.69) is 83.4 Å². The van der Waals surface area contributed by atoms with E-state index >= 15 is 0 Å². The minimum Gasteiger partial charge on any atom is -0.310 e. The Balaban J connectivity index is 1.76. The van der Waals surface area contributed by atoms with E-state index < -0.39 is 0 Å². The molecule has 0 spiro atoms. The van der Waals surface area contributed by atoms with Gasteiger partial charge in [-0.1, -0.05) is 43.3 Å². The second-order valence-corrected chi connectivity index (χ2v) is 6.75. The van der Waals surface area contributed by atoms with E-state index in [0.29, 0.717) is 12.0 Å². The Kier molecular flexibility index (Phi) is 4.41. The smallest absolute Gasteiger partial charge is 0.0326 e. The second kappa shape index (κ2) is 6.27. The Labute approximate surface area is 134 Å². The molecule has 1 N–H and O–H groups in total. The fourth-order valence-corrected chi connectivity index (χ4v) is 3.73. The number of halogens is 1. The van der Waals surface area contributed by atoms with Crippen molar-refractivity contribution in [2.24, 2.45) is 0 Å². The molecule has 3 rings (SSSR count). The summed E-state index contributed by atoms with van der Waals surface area (Å²) in [4.78, 5) is 0. The van der Waals surface area contributed by atoms with Crippen LogP contribution in [-0.2, 0) is 6.42 Å². The minimum absolute atomic E-state index is 0.466. The molecule has 0 bridgehead atoms. The Bertz CT molecular complexity index is 593.